The van der Waals surface area contributed by atoms with Crippen LogP contribution in [0.1, 0.15) is 5.76 Å². The largest absolute Gasteiger partial charge is 0.433 e. The van der Waals surface area contributed by atoms with Crippen molar-refractivity contribution in [3.8, 4) is 11.1 Å². The predicted molar refractivity (Wildman–Crippen MR) is 103 cm³/mol. The molecule has 4 rings (SSSR count). The van der Waals surface area contributed by atoms with E-state index < -0.39 is 4.92 Å². The molecule has 0 saturated heterocycles. The van der Waals surface area contributed by atoms with Gasteiger partial charge in [0.05, 0.1) is 11.5 Å². The molecule has 0 spiro atoms. The van der Waals surface area contributed by atoms with E-state index in [-0.39, 0.29) is 5.88 Å². The number of nitro groups is 1. The lowest BCUT2D eigenvalue weighted by Crippen LogP contribution is -1.84. The Morgan fingerprint density at radius 1 is 1.15 bits per heavy atom. The van der Waals surface area contributed by atoms with Crippen LogP contribution in [0.3, 0.4) is 0 Å². The summed E-state index contributed by atoms with van der Waals surface area (Å²) in [7, 11) is 0. The van der Waals surface area contributed by atoms with Crippen molar-refractivity contribution in [1.29, 1.82) is 0 Å². The number of aromatic nitrogens is 2. The molecule has 0 aliphatic heterocycles. The SMILES string of the molecule is O=[N+]([O-])c1ccc(/C=C/Sc2ncnc3scc(-c4ccccc4)c23)o1. The molecule has 0 unspecified atom stereocenters. The van der Waals surface area contributed by atoms with Crippen LogP contribution >= 0.6 is 23.1 Å². The number of hydrogen-bond donors (Lipinski definition) is 0. The van der Waals surface area contributed by atoms with Crippen LogP contribution in [0.4, 0.5) is 5.88 Å². The molecule has 0 bridgehead atoms. The zero-order valence-corrected chi connectivity index (χ0v) is 14.9. The molecule has 0 N–H and O–H groups in total. The van der Waals surface area contributed by atoms with E-state index in [4.69, 9.17) is 4.42 Å². The maximum Gasteiger partial charge on any atom is 0.433 e. The Hall–Kier alpha value is -2.97. The third kappa shape index (κ3) is 3.24. The zero-order valence-electron chi connectivity index (χ0n) is 13.2. The van der Waals surface area contributed by atoms with E-state index in [1.807, 2.05) is 18.2 Å². The van der Waals surface area contributed by atoms with Crippen molar-refractivity contribution in [3.05, 3.63) is 75.5 Å². The van der Waals surface area contributed by atoms with Gasteiger partial charge in [-0.2, -0.15) is 0 Å². The lowest BCUT2D eigenvalue weighted by molar-refractivity contribution is -0.402. The molecule has 128 valence electrons. The van der Waals surface area contributed by atoms with Gasteiger partial charge in [0.25, 0.3) is 0 Å². The highest BCUT2D eigenvalue weighted by Crippen LogP contribution is 2.38. The Labute approximate surface area is 156 Å². The van der Waals surface area contributed by atoms with Gasteiger partial charge in [-0.05, 0) is 23.1 Å². The Balaban J connectivity index is 1.65. The van der Waals surface area contributed by atoms with Crippen molar-refractivity contribution in [2.75, 3.05) is 0 Å². The number of benzene rings is 1. The highest BCUT2D eigenvalue weighted by molar-refractivity contribution is 8.02. The van der Waals surface area contributed by atoms with Gasteiger partial charge in [-0.3, -0.25) is 10.1 Å². The van der Waals surface area contributed by atoms with Crippen LogP contribution in [-0.4, -0.2) is 14.9 Å². The smallest absolute Gasteiger partial charge is 0.401 e. The van der Waals surface area contributed by atoms with Gasteiger partial charge in [0.1, 0.15) is 26.9 Å². The minimum absolute atomic E-state index is 0.275. The number of fused-ring (bicyclic) bond motifs is 1. The molecule has 8 heteroatoms. The van der Waals surface area contributed by atoms with E-state index >= 15 is 0 Å². The van der Waals surface area contributed by atoms with E-state index in [9.17, 15) is 10.1 Å². The fraction of sp³-hybridized carbons (Fsp3) is 0. The molecule has 0 fully saturated rings. The maximum absolute atomic E-state index is 10.7. The summed E-state index contributed by atoms with van der Waals surface area (Å²) in [6, 6.07) is 13.0. The van der Waals surface area contributed by atoms with Gasteiger partial charge in [-0.1, -0.05) is 42.1 Å². The summed E-state index contributed by atoms with van der Waals surface area (Å²) < 4.78 is 5.12. The summed E-state index contributed by atoms with van der Waals surface area (Å²) in [6.45, 7) is 0. The van der Waals surface area contributed by atoms with Gasteiger partial charge in [0.15, 0.2) is 0 Å². The highest BCUT2D eigenvalue weighted by Gasteiger charge is 2.13. The van der Waals surface area contributed by atoms with Crippen LogP contribution in [0.15, 0.2) is 69.0 Å². The number of hydrogen-bond acceptors (Lipinski definition) is 7. The van der Waals surface area contributed by atoms with Crippen LogP contribution < -0.4 is 0 Å². The van der Waals surface area contributed by atoms with Crippen LogP contribution in [0.25, 0.3) is 27.4 Å². The molecule has 0 atom stereocenters. The first-order valence-electron chi connectivity index (χ1n) is 7.57. The molecule has 1 aromatic carbocycles. The topological polar surface area (TPSA) is 82.1 Å². The number of furan rings is 1. The minimum Gasteiger partial charge on any atom is -0.401 e. The van der Waals surface area contributed by atoms with Gasteiger partial charge in [0.2, 0.25) is 0 Å². The zero-order chi connectivity index (χ0) is 17.9. The van der Waals surface area contributed by atoms with Crippen molar-refractivity contribution in [2.24, 2.45) is 0 Å². The number of thioether (sulfide) groups is 1. The third-order valence-corrected chi connectivity index (χ3v) is 5.32. The molecule has 0 radical (unpaired) electrons. The Bertz CT molecular complexity index is 1100. The lowest BCUT2D eigenvalue weighted by Gasteiger charge is -2.02. The van der Waals surface area contributed by atoms with Crippen molar-refractivity contribution < 1.29 is 9.34 Å². The molecule has 0 aliphatic rings. The average Bonchev–Trinajstić information content (AvgIpc) is 3.30. The monoisotopic (exact) mass is 381 g/mol. The van der Waals surface area contributed by atoms with Gasteiger partial charge in [-0.15, -0.1) is 11.3 Å². The second kappa shape index (κ2) is 7.11. The maximum atomic E-state index is 10.7. The summed E-state index contributed by atoms with van der Waals surface area (Å²) in [5, 5.41) is 16.4. The van der Waals surface area contributed by atoms with Gasteiger partial charge < -0.3 is 4.42 Å². The molecule has 0 aliphatic carbocycles. The summed E-state index contributed by atoms with van der Waals surface area (Å²) in [5.41, 5.74) is 2.21. The van der Waals surface area contributed by atoms with Crippen LogP contribution in [0, 0.1) is 10.1 Å². The summed E-state index contributed by atoms with van der Waals surface area (Å²) in [5.74, 6) is 0.145. The molecule has 3 aromatic heterocycles. The van der Waals surface area contributed by atoms with E-state index in [1.165, 1.54) is 17.8 Å². The molecular formula is C18H11N3O3S2. The van der Waals surface area contributed by atoms with Gasteiger partial charge in [-0.25, -0.2) is 9.97 Å². The Morgan fingerprint density at radius 3 is 2.77 bits per heavy atom. The Morgan fingerprint density at radius 2 is 2.00 bits per heavy atom. The van der Waals surface area contributed by atoms with E-state index in [2.05, 4.69) is 27.5 Å². The number of thiophene rings is 1. The van der Waals surface area contributed by atoms with E-state index in [1.54, 1.807) is 35.2 Å². The fourth-order valence-electron chi connectivity index (χ4n) is 2.46. The van der Waals surface area contributed by atoms with Crippen LogP contribution in [0.5, 0.6) is 0 Å². The Kier molecular flexibility index (Phi) is 4.51. The first kappa shape index (κ1) is 16.5. The molecule has 0 saturated carbocycles. The van der Waals surface area contributed by atoms with Gasteiger partial charge >= 0.3 is 5.88 Å². The predicted octanol–water partition coefficient (Wildman–Crippen LogP) is 5.62. The van der Waals surface area contributed by atoms with Crippen molar-refractivity contribution in [3.63, 3.8) is 0 Å². The summed E-state index contributed by atoms with van der Waals surface area (Å²) in [4.78, 5) is 19.8. The second-order valence-corrected chi connectivity index (χ2v) is 6.98. The molecule has 3 heterocycles. The van der Waals surface area contributed by atoms with Crippen molar-refractivity contribution in [2.45, 2.75) is 5.03 Å². The number of nitrogens with zero attached hydrogens (tertiary/aromatic N) is 3. The minimum atomic E-state index is -0.560. The lowest BCUT2D eigenvalue weighted by atomic mass is 10.1. The molecule has 4 aromatic rings. The van der Waals surface area contributed by atoms with Gasteiger partial charge in [0, 0.05) is 10.9 Å². The van der Waals surface area contributed by atoms with Crippen molar-refractivity contribution >= 4 is 45.3 Å². The van der Waals surface area contributed by atoms with Crippen LogP contribution in [-0.2, 0) is 0 Å². The molecule has 6 nitrogen and oxygen atoms in total. The van der Waals surface area contributed by atoms with E-state index in [0.717, 1.165) is 26.4 Å². The molecular weight excluding hydrogens is 370 g/mol. The summed E-state index contributed by atoms with van der Waals surface area (Å²) >= 11 is 3.00. The third-order valence-electron chi connectivity index (χ3n) is 3.62. The first-order valence-corrected chi connectivity index (χ1v) is 9.33. The van der Waals surface area contributed by atoms with Crippen molar-refractivity contribution in [1.82, 2.24) is 9.97 Å². The first-order chi connectivity index (χ1) is 12.7. The number of rotatable bonds is 5. The highest BCUT2D eigenvalue weighted by atomic mass is 32.2. The fourth-order valence-corrected chi connectivity index (χ4v) is 4.21. The summed E-state index contributed by atoms with van der Waals surface area (Å²) in [6.07, 6.45) is 3.22. The average molecular weight is 381 g/mol. The second-order valence-electron chi connectivity index (χ2n) is 5.23. The quantitative estimate of drug-likeness (QED) is 0.193. The molecule has 26 heavy (non-hydrogen) atoms. The van der Waals surface area contributed by atoms with Crippen LogP contribution in [0.2, 0.25) is 0 Å². The molecule has 0 amide bonds. The standard InChI is InChI=1S/C18H11N3O3S2/c22-21(23)15-7-6-13(24-15)8-9-25-17-16-14(12-4-2-1-3-5-12)10-26-18(16)20-11-19-17/h1-11H/b9-8+. The van der Waals surface area contributed by atoms with E-state index in [0.29, 0.717) is 5.76 Å². The normalized spacial score (nSPS) is 11.4.